The van der Waals surface area contributed by atoms with Crippen LogP contribution in [-0.4, -0.2) is 24.9 Å². The Hall–Kier alpha value is -1.69. The Morgan fingerprint density at radius 1 is 1.18 bits per heavy atom. The summed E-state index contributed by atoms with van der Waals surface area (Å²) in [7, 11) is 0. The van der Waals surface area contributed by atoms with E-state index in [1.165, 1.54) is 4.91 Å². The highest BCUT2D eigenvalue weighted by Crippen LogP contribution is 2.54. The zero-order chi connectivity index (χ0) is 21.4. The average Bonchev–Trinajstić information content (AvgIpc) is 2.98. The molecule has 1 atom stereocenters. The molecule has 0 spiro atoms. The van der Waals surface area contributed by atoms with E-state index in [0.717, 1.165) is 17.8 Å². The normalized spacial score (nSPS) is 20.1. The van der Waals surface area contributed by atoms with Gasteiger partial charge in [0.05, 0.1) is 22.6 Å². The summed E-state index contributed by atoms with van der Waals surface area (Å²) >= 11 is 1.73. The lowest BCUT2D eigenvalue weighted by Crippen LogP contribution is -2.28. The van der Waals surface area contributed by atoms with Gasteiger partial charge in [-0.3, -0.25) is 4.79 Å². The molecule has 0 saturated heterocycles. The molecule has 28 heavy (non-hydrogen) atoms. The van der Waals surface area contributed by atoms with E-state index in [1.54, 1.807) is 18.7 Å². The number of rotatable bonds is 5. The van der Waals surface area contributed by atoms with E-state index < -0.39 is 11.4 Å². The van der Waals surface area contributed by atoms with Gasteiger partial charge < -0.3 is 14.1 Å². The largest absolute Gasteiger partial charge is 0.460 e. The topological polar surface area (TPSA) is 59.8 Å². The van der Waals surface area contributed by atoms with Crippen LogP contribution in [0.5, 0.6) is 0 Å². The van der Waals surface area contributed by atoms with Crippen LogP contribution in [0.1, 0.15) is 95.4 Å². The number of fused-ring (bicyclic) bond motifs is 1. The highest BCUT2D eigenvalue weighted by molar-refractivity contribution is 8.03. The number of hydrogen-bond donors (Lipinski definition) is 0. The van der Waals surface area contributed by atoms with Gasteiger partial charge in [0.1, 0.15) is 5.76 Å². The van der Waals surface area contributed by atoms with Crippen molar-refractivity contribution < 1.29 is 18.7 Å². The number of carbonyl (C=O) groups is 2. The number of hydrogen-bond acceptors (Lipinski definition) is 6. The predicted molar refractivity (Wildman–Crippen MR) is 115 cm³/mol. The minimum Gasteiger partial charge on any atom is -0.460 e. The van der Waals surface area contributed by atoms with Crippen LogP contribution in [0.15, 0.2) is 15.0 Å². The van der Waals surface area contributed by atoms with Crippen LogP contribution >= 0.6 is 11.8 Å². The molecule has 0 aliphatic carbocycles. The van der Waals surface area contributed by atoms with Crippen molar-refractivity contribution in [2.24, 2.45) is 5.41 Å². The lowest BCUT2D eigenvalue weighted by molar-refractivity contribution is 0.0481. The lowest BCUT2D eigenvalue weighted by atomic mass is 9.85. The molecule has 0 N–H and O–H groups in total. The summed E-state index contributed by atoms with van der Waals surface area (Å²) in [4.78, 5) is 29.5. The van der Waals surface area contributed by atoms with Gasteiger partial charge in [-0.05, 0) is 41.0 Å². The third kappa shape index (κ3) is 3.76. The SMILES string of the molecule is CCOC(=O)c1oc2c(c1C(=O)C(C)(C)C)N(CC)C(C)=C(C)SC2(C)CC. The number of allylic oxidation sites excluding steroid dienone is 2. The first kappa shape index (κ1) is 22.6. The van der Waals surface area contributed by atoms with Crippen molar-refractivity contribution in [2.45, 2.75) is 73.5 Å². The third-order valence-electron chi connectivity index (χ3n) is 5.29. The Bertz CT molecular complexity index is 815. The molecular formula is C22H33NO4S. The van der Waals surface area contributed by atoms with Crippen molar-refractivity contribution in [2.75, 3.05) is 18.1 Å². The molecule has 1 aromatic rings. The van der Waals surface area contributed by atoms with E-state index in [-0.39, 0.29) is 22.9 Å². The first-order valence-electron chi connectivity index (χ1n) is 9.96. The zero-order valence-electron chi connectivity index (χ0n) is 18.6. The first-order chi connectivity index (χ1) is 12.9. The van der Waals surface area contributed by atoms with E-state index in [2.05, 4.69) is 32.6 Å². The molecule has 1 unspecified atom stereocenters. The smallest absolute Gasteiger partial charge is 0.375 e. The molecule has 1 aliphatic rings. The molecule has 2 rings (SSSR count). The summed E-state index contributed by atoms with van der Waals surface area (Å²) in [6.45, 7) is 18.6. The maximum atomic E-state index is 13.5. The van der Waals surface area contributed by atoms with Crippen LogP contribution in [-0.2, 0) is 9.48 Å². The van der Waals surface area contributed by atoms with Crippen LogP contribution in [0.3, 0.4) is 0 Å². The Morgan fingerprint density at radius 2 is 1.79 bits per heavy atom. The molecule has 0 radical (unpaired) electrons. The van der Waals surface area contributed by atoms with Crippen molar-refractivity contribution in [3.05, 3.63) is 27.7 Å². The highest BCUT2D eigenvalue weighted by atomic mass is 32.2. The fourth-order valence-electron chi connectivity index (χ4n) is 3.41. The summed E-state index contributed by atoms with van der Waals surface area (Å²) in [5, 5.41) is 0. The highest BCUT2D eigenvalue weighted by Gasteiger charge is 2.45. The van der Waals surface area contributed by atoms with Gasteiger partial charge in [0.25, 0.3) is 0 Å². The Kier molecular flexibility index (Phi) is 6.44. The minimum absolute atomic E-state index is 0.0258. The molecule has 2 heterocycles. The summed E-state index contributed by atoms with van der Waals surface area (Å²) in [5.41, 5.74) is 1.48. The molecule has 0 bridgehead atoms. The third-order valence-corrected chi connectivity index (χ3v) is 6.81. The quantitative estimate of drug-likeness (QED) is 0.432. The minimum atomic E-state index is -0.660. The van der Waals surface area contributed by atoms with Gasteiger partial charge in [0.2, 0.25) is 5.76 Å². The number of anilines is 1. The molecule has 5 nitrogen and oxygen atoms in total. The second-order valence-corrected chi connectivity index (χ2v) is 10.1. The summed E-state index contributed by atoms with van der Waals surface area (Å²) in [6, 6.07) is 0. The average molecular weight is 408 g/mol. The maximum absolute atomic E-state index is 13.5. The number of ketones is 1. The van der Waals surface area contributed by atoms with Crippen LogP contribution in [0.2, 0.25) is 0 Å². The molecule has 0 amide bonds. The van der Waals surface area contributed by atoms with Gasteiger partial charge in [-0.15, -0.1) is 11.8 Å². The van der Waals surface area contributed by atoms with Crippen LogP contribution in [0, 0.1) is 5.41 Å². The number of nitrogens with zero attached hydrogens (tertiary/aromatic N) is 1. The number of furan rings is 1. The van der Waals surface area contributed by atoms with Crippen molar-refractivity contribution in [3.63, 3.8) is 0 Å². The molecule has 156 valence electrons. The second kappa shape index (κ2) is 7.97. The molecule has 1 aromatic heterocycles. The van der Waals surface area contributed by atoms with Crippen molar-refractivity contribution >= 4 is 29.2 Å². The zero-order valence-corrected chi connectivity index (χ0v) is 19.4. The van der Waals surface area contributed by atoms with Gasteiger partial charge in [-0.25, -0.2) is 4.79 Å². The molecule has 0 fully saturated rings. The fourth-order valence-corrected chi connectivity index (χ4v) is 4.72. The Labute approximate surface area is 172 Å². The summed E-state index contributed by atoms with van der Waals surface area (Å²) in [5.74, 6) is 0.00222. The monoisotopic (exact) mass is 407 g/mol. The van der Waals surface area contributed by atoms with Crippen LogP contribution < -0.4 is 4.90 Å². The van der Waals surface area contributed by atoms with E-state index >= 15 is 0 Å². The molecule has 0 saturated carbocycles. The number of carbonyl (C=O) groups excluding carboxylic acids is 2. The Balaban J connectivity index is 2.95. The molecule has 6 heteroatoms. The van der Waals surface area contributed by atoms with Crippen LogP contribution in [0.4, 0.5) is 5.69 Å². The number of esters is 1. The standard InChI is InChI=1S/C22H33NO4S/c1-10-22(9)19-16(23(11-2)13(4)14(5)28-22)15(18(24)21(6,7)8)17(27-19)20(25)26-12-3/h10-12H2,1-9H3. The maximum Gasteiger partial charge on any atom is 0.375 e. The van der Waals surface area contributed by atoms with Crippen molar-refractivity contribution in [3.8, 4) is 0 Å². The van der Waals surface area contributed by atoms with E-state index in [1.807, 2.05) is 27.7 Å². The Morgan fingerprint density at radius 3 is 2.25 bits per heavy atom. The van der Waals surface area contributed by atoms with Gasteiger partial charge in [0.15, 0.2) is 5.78 Å². The molecular weight excluding hydrogens is 374 g/mol. The molecule has 0 aromatic carbocycles. The lowest BCUT2D eigenvalue weighted by Gasteiger charge is -2.27. The van der Waals surface area contributed by atoms with Gasteiger partial charge in [-0.1, -0.05) is 27.7 Å². The van der Waals surface area contributed by atoms with Gasteiger partial charge >= 0.3 is 5.97 Å². The van der Waals surface area contributed by atoms with E-state index in [0.29, 0.717) is 17.9 Å². The second-order valence-electron chi connectivity index (χ2n) is 8.36. The number of thioether (sulfide) groups is 1. The van der Waals surface area contributed by atoms with E-state index in [9.17, 15) is 9.59 Å². The van der Waals surface area contributed by atoms with Gasteiger partial charge in [0, 0.05) is 22.6 Å². The van der Waals surface area contributed by atoms with Crippen LogP contribution in [0.25, 0.3) is 0 Å². The summed E-state index contributed by atoms with van der Waals surface area (Å²) in [6.07, 6.45) is 0.797. The first-order valence-corrected chi connectivity index (χ1v) is 10.8. The van der Waals surface area contributed by atoms with Crippen molar-refractivity contribution in [1.29, 1.82) is 0 Å². The van der Waals surface area contributed by atoms with E-state index in [4.69, 9.17) is 9.15 Å². The number of Topliss-reactive ketones (excluding diaryl/α,β-unsaturated/α-hetero) is 1. The van der Waals surface area contributed by atoms with Gasteiger partial charge in [-0.2, -0.15) is 0 Å². The number of ether oxygens (including phenoxy) is 1. The predicted octanol–water partition coefficient (Wildman–Crippen LogP) is 6.13. The van der Waals surface area contributed by atoms with Crippen molar-refractivity contribution in [1.82, 2.24) is 0 Å². The fraction of sp³-hybridized carbons (Fsp3) is 0.636. The molecule has 1 aliphatic heterocycles. The summed E-state index contributed by atoms with van der Waals surface area (Å²) < 4.78 is 11.0.